The number of hydrogen-bond acceptors (Lipinski definition) is 3. The first-order valence-electron chi connectivity index (χ1n) is 18.9. The Balaban J connectivity index is 1.19. The van der Waals surface area contributed by atoms with Gasteiger partial charge in [-0.3, -0.25) is 0 Å². The number of nitrogens with zero attached hydrogens (tertiary/aromatic N) is 2. The standard InChI is InChI=1S/C52H38N2O/c1-5-15-37(16-6-1)39-25-29-45(30-26-39)53(43-21-9-3-10-22-43)49-34-33-47-48-35-41-19-13-14-20-42(41)36-50(48)55-52(47)51(49)54(44-23-11-4-12-24-44)46-31-27-40(28-32-46)38-17-7-2-8-18-38/h1-36,49,51H. The molecule has 0 amide bonds. The van der Waals surface area contributed by atoms with Crippen LogP contribution in [0.4, 0.5) is 22.7 Å². The minimum absolute atomic E-state index is 0.165. The van der Waals surface area contributed by atoms with Crippen molar-refractivity contribution in [3.63, 3.8) is 0 Å². The summed E-state index contributed by atoms with van der Waals surface area (Å²) < 4.78 is 7.14. The molecule has 0 bridgehead atoms. The Morgan fingerprint density at radius 1 is 0.382 bits per heavy atom. The molecule has 0 N–H and O–H groups in total. The summed E-state index contributed by atoms with van der Waals surface area (Å²) in [5, 5.41) is 3.49. The lowest BCUT2D eigenvalue weighted by Crippen LogP contribution is -2.43. The second-order valence-corrected chi connectivity index (χ2v) is 14.1. The molecule has 2 atom stereocenters. The normalized spacial score (nSPS) is 14.8. The average molecular weight is 707 g/mol. The highest BCUT2D eigenvalue weighted by molar-refractivity contribution is 6.01. The molecule has 3 heteroatoms. The summed E-state index contributed by atoms with van der Waals surface area (Å²) in [5.74, 6) is 0.940. The summed E-state index contributed by atoms with van der Waals surface area (Å²) >= 11 is 0. The lowest BCUT2D eigenvalue weighted by molar-refractivity contribution is 0.459. The van der Waals surface area contributed by atoms with Crippen molar-refractivity contribution in [3.05, 3.63) is 224 Å². The molecular formula is C52H38N2O. The molecule has 0 aliphatic heterocycles. The van der Waals surface area contributed by atoms with Crippen molar-refractivity contribution >= 4 is 50.6 Å². The van der Waals surface area contributed by atoms with Crippen LogP contribution in [0.1, 0.15) is 17.4 Å². The van der Waals surface area contributed by atoms with Gasteiger partial charge in [0, 0.05) is 33.7 Å². The molecule has 10 rings (SSSR count). The number of para-hydroxylation sites is 2. The van der Waals surface area contributed by atoms with Crippen LogP contribution in [0, 0.1) is 0 Å². The van der Waals surface area contributed by atoms with Crippen molar-refractivity contribution in [1.29, 1.82) is 0 Å². The fourth-order valence-electron chi connectivity index (χ4n) is 8.20. The van der Waals surface area contributed by atoms with Crippen LogP contribution in [-0.2, 0) is 0 Å². The molecule has 55 heavy (non-hydrogen) atoms. The predicted molar refractivity (Wildman–Crippen MR) is 230 cm³/mol. The smallest absolute Gasteiger partial charge is 0.137 e. The highest BCUT2D eigenvalue weighted by Gasteiger charge is 2.40. The second-order valence-electron chi connectivity index (χ2n) is 14.1. The number of furan rings is 1. The molecule has 0 fully saturated rings. The van der Waals surface area contributed by atoms with Crippen molar-refractivity contribution in [2.45, 2.75) is 12.1 Å². The van der Waals surface area contributed by atoms with E-state index in [0.29, 0.717) is 0 Å². The Morgan fingerprint density at radius 2 is 0.800 bits per heavy atom. The van der Waals surface area contributed by atoms with Crippen LogP contribution in [0.5, 0.6) is 0 Å². The minimum atomic E-state index is -0.255. The summed E-state index contributed by atoms with van der Waals surface area (Å²) in [6.45, 7) is 0. The van der Waals surface area contributed by atoms with Gasteiger partial charge in [0.15, 0.2) is 0 Å². The zero-order chi connectivity index (χ0) is 36.6. The topological polar surface area (TPSA) is 19.6 Å². The van der Waals surface area contributed by atoms with E-state index in [1.165, 1.54) is 33.0 Å². The Morgan fingerprint density at radius 3 is 1.35 bits per heavy atom. The maximum atomic E-state index is 7.14. The maximum absolute atomic E-state index is 7.14. The Bertz CT molecular complexity index is 2740. The largest absolute Gasteiger partial charge is 0.458 e. The molecule has 0 radical (unpaired) electrons. The predicted octanol–water partition coefficient (Wildman–Crippen LogP) is 14.0. The van der Waals surface area contributed by atoms with Crippen LogP contribution in [0.3, 0.4) is 0 Å². The molecule has 1 aromatic heterocycles. The van der Waals surface area contributed by atoms with E-state index in [2.05, 4.69) is 228 Å². The van der Waals surface area contributed by atoms with Gasteiger partial charge in [0.2, 0.25) is 0 Å². The van der Waals surface area contributed by atoms with Crippen LogP contribution in [0.2, 0.25) is 0 Å². The lowest BCUT2D eigenvalue weighted by atomic mass is 9.89. The molecule has 3 nitrogen and oxygen atoms in total. The van der Waals surface area contributed by atoms with Gasteiger partial charge in [0.05, 0.1) is 6.04 Å². The Labute approximate surface area is 321 Å². The molecule has 1 heterocycles. The molecule has 1 aliphatic rings. The second kappa shape index (κ2) is 14.0. The third-order valence-electron chi connectivity index (χ3n) is 10.8. The fraction of sp³-hybridized carbons (Fsp3) is 0.0385. The van der Waals surface area contributed by atoms with E-state index in [4.69, 9.17) is 4.42 Å². The first-order chi connectivity index (χ1) is 27.3. The van der Waals surface area contributed by atoms with Crippen molar-refractivity contribution in [1.82, 2.24) is 0 Å². The van der Waals surface area contributed by atoms with Gasteiger partial charge in [0.1, 0.15) is 17.4 Å². The van der Waals surface area contributed by atoms with E-state index in [1.54, 1.807) is 0 Å². The van der Waals surface area contributed by atoms with Gasteiger partial charge < -0.3 is 14.2 Å². The summed E-state index contributed by atoms with van der Waals surface area (Å²) in [6.07, 6.45) is 4.66. The van der Waals surface area contributed by atoms with Gasteiger partial charge >= 0.3 is 0 Å². The van der Waals surface area contributed by atoms with Gasteiger partial charge in [-0.2, -0.15) is 0 Å². The number of benzene rings is 8. The van der Waals surface area contributed by atoms with Crippen LogP contribution >= 0.6 is 0 Å². The van der Waals surface area contributed by atoms with Crippen LogP contribution in [-0.4, -0.2) is 6.04 Å². The monoisotopic (exact) mass is 706 g/mol. The van der Waals surface area contributed by atoms with Crippen molar-refractivity contribution in [3.8, 4) is 22.3 Å². The quantitative estimate of drug-likeness (QED) is 0.157. The van der Waals surface area contributed by atoms with E-state index >= 15 is 0 Å². The number of anilines is 4. The highest BCUT2D eigenvalue weighted by atomic mass is 16.3. The Kier molecular flexibility index (Phi) is 8.31. The zero-order valence-electron chi connectivity index (χ0n) is 30.2. The molecule has 9 aromatic rings. The van der Waals surface area contributed by atoms with Crippen molar-refractivity contribution in [2.24, 2.45) is 0 Å². The van der Waals surface area contributed by atoms with Crippen LogP contribution in [0.15, 0.2) is 217 Å². The highest BCUT2D eigenvalue weighted by Crippen LogP contribution is 2.49. The van der Waals surface area contributed by atoms with Crippen molar-refractivity contribution < 1.29 is 4.42 Å². The SMILES string of the molecule is C1=CC(N(c2ccccc2)c2ccc(-c3ccccc3)cc2)C(N(c2ccccc2)c2ccc(-c3ccccc3)cc2)c2oc3cc4ccccc4cc3c21. The molecule has 262 valence electrons. The zero-order valence-corrected chi connectivity index (χ0v) is 30.2. The number of rotatable bonds is 8. The molecule has 0 saturated carbocycles. The van der Waals surface area contributed by atoms with Gasteiger partial charge in [-0.15, -0.1) is 0 Å². The van der Waals surface area contributed by atoms with Crippen molar-refractivity contribution in [2.75, 3.05) is 9.80 Å². The molecule has 2 unspecified atom stereocenters. The van der Waals surface area contributed by atoms with E-state index in [1.807, 2.05) is 0 Å². The van der Waals surface area contributed by atoms with Gasteiger partial charge in [-0.05, 0) is 93.7 Å². The first-order valence-corrected chi connectivity index (χ1v) is 18.9. The summed E-state index contributed by atoms with van der Waals surface area (Å²) in [5.41, 5.74) is 11.1. The molecule has 0 spiro atoms. The summed E-state index contributed by atoms with van der Waals surface area (Å²) in [7, 11) is 0. The van der Waals surface area contributed by atoms with Gasteiger partial charge in [0.25, 0.3) is 0 Å². The molecule has 0 saturated heterocycles. The third-order valence-corrected chi connectivity index (χ3v) is 10.8. The maximum Gasteiger partial charge on any atom is 0.137 e. The van der Waals surface area contributed by atoms with Gasteiger partial charge in [-0.25, -0.2) is 0 Å². The van der Waals surface area contributed by atoms with Crippen LogP contribution < -0.4 is 9.80 Å². The Hall–Kier alpha value is -7.10. The third kappa shape index (κ3) is 6.06. The molecular weight excluding hydrogens is 669 g/mol. The lowest BCUT2D eigenvalue weighted by Gasteiger charge is -2.44. The summed E-state index contributed by atoms with van der Waals surface area (Å²) in [6, 6.07) is 73.2. The fourth-order valence-corrected chi connectivity index (χ4v) is 8.20. The average Bonchev–Trinajstić information content (AvgIpc) is 3.63. The van der Waals surface area contributed by atoms with Gasteiger partial charge in [-0.1, -0.05) is 158 Å². The minimum Gasteiger partial charge on any atom is -0.458 e. The molecule has 8 aromatic carbocycles. The van der Waals surface area contributed by atoms with E-state index in [0.717, 1.165) is 45.0 Å². The van der Waals surface area contributed by atoms with Crippen LogP contribution in [0.25, 0.3) is 50.1 Å². The summed E-state index contributed by atoms with van der Waals surface area (Å²) in [4.78, 5) is 4.94. The number of fused-ring (bicyclic) bond motifs is 4. The van der Waals surface area contributed by atoms with E-state index in [-0.39, 0.29) is 12.1 Å². The van der Waals surface area contributed by atoms with E-state index < -0.39 is 0 Å². The molecule has 1 aliphatic carbocycles. The van der Waals surface area contributed by atoms with E-state index in [9.17, 15) is 0 Å². The number of hydrogen-bond donors (Lipinski definition) is 0. The first kappa shape index (κ1) is 32.5.